The van der Waals surface area contributed by atoms with Gasteiger partial charge in [-0.1, -0.05) is 35.9 Å². The maximum absolute atomic E-state index is 12.2. The number of halogens is 1. The molecule has 23 heavy (non-hydrogen) atoms. The van der Waals surface area contributed by atoms with E-state index in [1.807, 2.05) is 60.0 Å². The van der Waals surface area contributed by atoms with Gasteiger partial charge in [-0.05, 0) is 37.1 Å². The molecule has 1 N–H and O–H groups in total. The second-order valence-corrected chi connectivity index (χ2v) is 5.77. The summed E-state index contributed by atoms with van der Waals surface area (Å²) in [6.45, 7) is 1.90. The molecule has 2 heterocycles. The quantitative estimate of drug-likeness (QED) is 0.782. The van der Waals surface area contributed by atoms with Crippen molar-refractivity contribution in [2.45, 2.75) is 25.8 Å². The van der Waals surface area contributed by atoms with Crippen LogP contribution in [0.25, 0.3) is 5.65 Å². The minimum atomic E-state index is -0.217. The molecule has 5 nitrogen and oxygen atoms in total. The molecule has 1 atom stereocenters. The third-order valence-electron chi connectivity index (χ3n) is 3.68. The van der Waals surface area contributed by atoms with E-state index in [2.05, 4.69) is 15.5 Å². The number of aromatic nitrogens is 3. The van der Waals surface area contributed by atoms with E-state index in [0.717, 1.165) is 11.2 Å². The third kappa shape index (κ3) is 3.51. The Labute approximate surface area is 139 Å². The van der Waals surface area contributed by atoms with Gasteiger partial charge in [-0.2, -0.15) is 0 Å². The Balaban J connectivity index is 1.62. The standard InChI is InChI=1S/C17H17ClN4O/c1-12(17-21-20-15-8-4-5-11-22(15)17)19-16(23)10-9-13-6-2-3-7-14(13)18/h2-8,11-12H,9-10H2,1H3,(H,19,23). The number of benzene rings is 1. The van der Waals surface area contributed by atoms with Gasteiger partial charge in [-0.25, -0.2) is 0 Å². The Morgan fingerprint density at radius 2 is 2.00 bits per heavy atom. The molecule has 0 radical (unpaired) electrons. The van der Waals surface area contributed by atoms with E-state index in [1.54, 1.807) is 0 Å². The van der Waals surface area contributed by atoms with Crippen LogP contribution in [0.5, 0.6) is 0 Å². The van der Waals surface area contributed by atoms with Gasteiger partial charge >= 0.3 is 0 Å². The van der Waals surface area contributed by atoms with E-state index in [1.165, 1.54) is 0 Å². The largest absolute Gasteiger partial charge is 0.346 e. The first-order valence-electron chi connectivity index (χ1n) is 7.47. The maximum atomic E-state index is 12.2. The number of nitrogens with zero attached hydrogens (tertiary/aromatic N) is 3. The molecule has 2 aromatic heterocycles. The molecule has 0 saturated heterocycles. The number of nitrogens with one attached hydrogen (secondary N) is 1. The number of hydrogen-bond donors (Lipinski definition) is 1. The minimum absolute atomic E-state index is 0.0369. The molecule has 0 bridgehead atoms. The van der Waals surface area contributed by atoms with Crippen molar-refractivity contribution in [3.05, 3.63) is 65.1 Å². The van der Waals surface area contributed by atoms with Crippen molar-refractivity contribution < 1.29 is 4.79 Å². The predicted molar refractivity (Wildman–Crippen MR) is 89.3 cm³/mol. The van der Waals surface area contributed by atoms with Crippen LogP contribution >= 0.6 is 11.6 Å². The lowest BCUT2D eigenvalue weighted by molar-refractivity contribution is -0.121. The topological polar surface area (TPSA) is 59.3 Å². The number of carbonyl (C=O) groups is 1. The van der Waals surface area contributed by atoms with Crippen LogP contribution in [-0.2, 0) is 11.2 Å². The number of pyridine rings is 1. The molecule has 0 aliphatic heterocycles. The zero-order valence-electron chi connectivity index (χ0n) is 12.7. The van der Waals surface area contributed by atoms with Gasteiger partial charge in [0.1, 0.15) is 0 Å². The summed E-state index contributed by atoms with van der Waals surface area (Å²) in [5.74, 6) is 0.678. The first-order valence-corrected chi connectivity index (χ1v) is 7.85. The fourth-order valence-corrected chi connectivity index (χ4v) is 2.71. The number of rotatable bonds is 5. The Hall–Kier alpha value is -2.40. The molecule has 118 valence electrons. The summed E-state index contributed by atoms with van der Waals surface area (Å²) < 4.78 is 1.87. The highest BCUT2D eigenvalue weighted by Crippen LogP contribution is 2.17. The van der Waals surface area contributed by atoms with Crippen LogP contribution in [0.4, 0.5) is 0 Å². The van der Waals surface area contributed by atoms with E-state index in [4.69, 9.17) is 11.6 Å². The zero-order valence-corrected chi connectivity index (χ0v) is 13.5. The highest BCUT2D eigenvalue weighted by Gasteiger charge is 2.15. The number of carbonyl (C=O) groups excluding carboxylic acids is 1. The molecule has 3 aromatic rings. The summed E-state index contributed by atoms with van der Waals surface area (Å²) in [7, 11) is 0. The van der Waals surface area contributed by atoms with Crippen LogP contribution in [0.2, 0.25) is 5.02 Å². The van der Waals surface area contributed by atoms with Crippen molar-refractivity contribution in [3.63, 3.8) is 0 Å². The number of aryl methyl sites for hydroxylation is 1. The van der Waals surface area contributed by atoms with E-state index < -0.39 is 0 Å². The fourth-order valence-electron chi connectivity index (χ4n) is 2.48. The average molecular weight is 329 g/mol. The molecule has 0 saturated carbocycles. The van der Waals surface area contributed by atoms with Crippen molar-refractivity contribution in [3.8, 4) is 0 Å². The Bertz CT molecular complexity index is 830. The Morgan fingerprint density at radius 1 is 1.22 bits per heavy atom. The number of fused-ring (bicyclic) bond motifs is 1. The minimum Gasteiger partial charge on any atom is -0.346 e. The van der Waals surface area contributed by atoms with Crippen LogP contribution in [0.3, 0.4) is 0 Å². The number of amides is 1. The van der Waals surface area contributed by atoms with Gasteiger partial charge < -0.3 is 5.32 Å². The lowest BCUT2D eigenvalue weighted by Crippen LogP contribution is -2.28. The highest BCUT2D eigenvalue weighted by atomic mass is 35.5. The van der Waals surface area contributed by atoms with Crippen molar-refractivity contribution in [2.24, 2.45) is 0 Å². The lowest BCUT2D eigenvalue weighted by atomic mass is 10.1. The predicted octanol–water partition coefficient (Wildman–Crippen LogP) is 3.19. The lowest BCUT2D eigenvalue weighted by Gasteiger charge is -2.12. The van der Waals surface area contributed by atoms with E-state index in [0.29, 0.717) is 23.7 Å². The first-order chi connectivity index (χ1) is 11.1. The summed E-state index contributed by atoms with van der Waals surface area (Å²) in [4.78, 5) is 12.2. The molecular formula is C17H17ClN4O. The van der Waals surface area contributed by atoms with Crippen LogP contribution in [0.15, 0.2) is 48.7 Å². The fraction of sp³-hybridized carbons (Fsp3) is 0.235. The first kappa shape index (κ1) is 15.5. The summed E-state index contributed by atoms with van der Waals surface area (Å²) in [5, 5.41) is 11.9. The molecule has 1 aromatic carbocycles. The van der Waals surface area contributed by atoms with Crippen LogP contribution < -0.4 is 5.32 Å². The van der Waals surface area contributed by atoms with Crippen molar-refractivity contribution >= 4 is 23.2 Å². The molecule has 6 heteroatoms. The Morgan fingerprint density at radius 3 is 2.83 bits per heavy atom. The summed E-state index contributed by atoms with van der Waals surface area (Å²) >= 11 is 6.11. The normalized spacial score (nSPS) is 12.3. The van der Waals surface area contributed by atoms with E-state index in [-0.39, 0.29) is 11.9 Å². The summed E-state index contributed by atoms with van der Waals surface area (Å²) in [6, 6.07) is 13.0. The van der Waals surface area contributed by atoms with Gasteiger partial charge in [0.05, 0.1) is 6.04 Å². The van der Waals surface area contributed by atoms with Gasteiger partial charge in [0.25, 0.3) is 0 Å². The molecule has 1 unspecified atom stereocenters. The van der Waals surface area contributed by atoms with Crippen molar-refractivity contribution in [1.82, 2.24) is 19.9 Å². The van der Waals surface area contributed by atoms with Crippen LogP contribution in [-0.4, -0.2) is 20.5 Å². The smallest absolute Gasteiger partial charge is 0.220 e. The van der Waals surface area contributed by atoms with E-state index in [9.17, 15) is 4.79 Å². The number of hydrogen-bond acceptors (Lipinski definition) is 3. The molecule has 0 fully saturated rings. The Kier molecular flexibility index (Phi) is 4.57. The zero-order chi connectivity index (χ0) is 16.2. The average Bonchev–Trinajstić information content (AvgIpc) is 2.98. The van der Waals surface area contributed by atoms with Crippen LogP contribution in [0.1, 0.15) is 30.8 Å². The molecule has 0 aliphatic carbocycles. The molecule has 0 spiro atoms. The monoisotopic (exact) mass is 328 g/mol. The van der Waals surface area contributed by atoms with E-state index >= 15 is 0 Å². The van der Waals surface area contributed by atoms with Gasteiger partial charge in [0.2, 0.25) is 5.91 Å². The molecule has 0 aliphatic rings. The van der Waals surface area contributed by atoms with Crippen molar-refractivity contribution in [2.75, 3.05) is 0 Å². The maximum Gasteiger partial charge on any atom is 0.220 e. The third-order valence-corrected chi connectivity index (χ3v) is 4.05. The van der Waals surface area contributed by atoms with Gasteiger partial charge in [0, 0.05) is 17.6 Å². The molecular weight excluding hydrogens is 312 g/mol. The highest BCUT2D eigenvalue weighted by molar-refractivity contribution is 6.31. The van der Waals surface area contributed by atoms with Gasteiger partial charge in [0.15, 0.2) is 11.5 Å². The second kappa shape index (κ2) is 6.79. The van der Waals surface area contributed by atoms with Crippen LogP contribution in [0, 0.1) is 0 Å². The molecule has 1 amide bonds. The summed E-state index contributed by atoms with van der Waals surface area (Å²) in [5.41, 5.74) is 1.74. The van der Waals surface area contributed by atoms with Gasteiger partial charge in [-0.15, -0.1) is 10.2 Å². The SMILES string of the molecule is CC(NC(=O)CCc1ccccc1Cl)c1nnc2ccccn12. The van der Waals surface area contributed by atoms with Crippen molar-refractivity contribution in [1.29, 1.82) is 0 Å². The molecule has 3 rings (SSSR count). The summed E-state index contributed by atoms with van der Waals surface area (Å²) in [6.07, 6.45) is 2.88. The van der Waals surface area contributed by atoms with Gasteiger partial charge in [-0.3, -0.25) is 9.20 Å². The second-order valence-electron chi connectivity index (χ2n) is 5.37.